The molecule has 0 radical (unpaired) electrons. The number of fused-ring (bicyclic) bond motifs is 1. The number of carboxylic acid groups (broad SMARTS) is 1. The van der Waals surface area contributed by atoms with Crippen LogP contribution in [0.4, 0.5) is 11.6 Å². The first-order valence-corrected chi connectivity index (χ1v) is 11.5. The zero-order chi connectivity index (χ0) is 24.6. The minimum absolute atomic E-state index is 0.0807. The number of hydrogen-bond donors (Lipinski definition) is 2. The van der Waals surface area contributed by atoms with Crippen LogP contribution in [0.25, 0.3) is 11.0 Å². The summed E-state index contributed by atoms with van der Waals surface area (Å²) in [6, 6.07) is 9.92. The van der Waals surface area contributed by atoms with Gasteiger partial charge in [0, 0.05) is 36.0 Å². The summed E-state index contributed by atoms with van der Waals surface area (Å²) in [6.07, 6.45) is 7.49. The van der Waals surface area contributed by atoms with Crippen LogP contribution >= 0.6 is 0 Å². The number of terminal acetylenes is 1. The number of nitrogens with zero attached hydrogens (tertiary/aromatic N) is 1. The number of rotatable bonds is 5. The molecule has 0 amide bonds. The van der Waals surface area contributed by atoms with Crippen LogP contribution < -0.4 is 15.6 Å². The molecule has 0 aliphatic carbocycles. The van der Waals surface area contributed by atoms with Gasteiger partial charge >= 0.3 is 5.97 Å². The maximum Gasteiger partial charge on any atom is 0.337 e. The van der Waals surface area contributed by atoms with Gasteiger partial charge in [0.2, 0.25) is 0 Å². The molecule has 2 aromatic carbocycles. The Morgan fingerprint density at radius 3 is 2.56 bits per heavy atom. The van der Waals surface area contributed by atoms with E-state index in [1.54, 1.807) is 18.2 Å². The van der Waals surface area contributed by atoms with Crippen LogP contribution in [0.2, 0.25) is 0 Å². The number of aryl methyl sites for hydroxylation is 1. The van der Waals surface area contributed by atoms with Gasteiger partial charge in [-0.3, -0.25) is 4.79 Å². The number of aromatic carboxylic acids is 1. The van der Waals surface area contributed by atoms with Gasteiger partial charge in [0.1, 0.15) is 5.58 Å². The number of piperidine rings is 1. The Labute approximate surface area is 199 Å². The fourth-order valence-corrected chi connectivity index (χ4v) is 4.48. The largest absolute Gasteiger partial charge is 0.478 e. The number of nitrogens with one attached hydrogen (secondary N) is 1. The van der Waals surface area contributed by atoms with E-state index in [-0.39, 0.29) is 22.4 Å². The van der Waals surface area contributed by atoms with Gasteiger partial charge in [-0.1, -0.05) is 25.8 Å². The van der Waals surface area contributed by atoms with Crippen LogP contribution in [0, 0.1) is 24.7 Å². The first-order valence-electron chi connectivity index (χ1n) is 11.5. The normalized spacial score (nSPS) is 16.1. The lowest BCUT2D eigenvalue weighted by molar-refractivity contribution is 0.0698. The minimum atomic E-state index is -1.07. The Hall–Kier alpha value is -3.72. The van der Waals surface area contributed by atoms with E-state index in [0.29, 0.717) is 28.1 Å². The Morgan fingerprint density at radius 1 is 1.21 bits per heavy atom. The summed E-state index contributed by atoms with van der Waals surface area (Å²) in [5.74, 6) is 1.98. The Balaban J connectivity index is 1.75. The highest BCUT2D eigenvalue weighted by molar-refractivity contribution is 5.95. The van der Waals surface area contributed by atoms with E-state index >= 15 is 0 Å². The smallest absolute Gasteiger partial charge is 0.337 e. The van der Waals surface area contributed by atoms with Crippen molar-refractivity contribution < 1.29 is 14.3 Å². The molecule has 176 valence electrons. The van der Waals surface area contributed by atoms with Gasteiger partial charge in [-0.15, -0.1) is 6.42 Å². The van der Waals surface area contributed by atoms with Crippen molar-refractivity contribution in [3.63, 3.8) is 0 Å². The maximum absolute atomic E-state index is 13.1. The Morgan fingerprint density at radius 2 is 1.91 bits per heavy atom. The van der Waals surface area contributed by atoms with Crippen molar-refractivity contribution in [3.05, 3.63) is 68.9 Å². The zero-order valence-electron chi connectivity index (χ0n) is 20.1. The molecule has 1 fully saturated rings. The second kappa shape index (κ2) is 8.90. The zero-order valence-corrected chi connectivity index (χ0v) is 20.1. The van der Waals surface area contributed by atoms with E-state index in [0.717, 1.165) is 37.1 Å². The fraction of sp³-hybridized carbons (Fsp3) is 0.357. The molecule has 6 nitrogen and oxygen atoms in total. The standard InChI is InChI=1S/C28H30N2O4/c1-6-19-7-8-23(21(15-19)27(32)33)29-18(3)20-13-17(2)14-22-24(31)16-25(34-26(20)22)30-11-9-28(4,5)10-12-30/h1,7-8,13-16,18,29H,9-12H2,2-5H3,(H,32,33)/t18-/m1/s1. The molecular weight excluding hydrogens is 428 g/mol. The number of benzene rings is 2. The molecule has 6 heteroatoms. The molecule has 1 atom stereocenters. The second-order valence-electron chi connectivity index (χ2n) is 9.91. The van der Waals surface area contributed by atoms with E-state index in [1.807, 2.05) is 26.0 Å². The monoisotopic (exact) mass is 458 g/mol. The molecule has 0 spiro atoms. The minimum Gasteiger partial charge on any atom is -0.478 e. The highest BCUT2D eigenvalue weighted by Gasteiger charge is 2.27. The van der Waals surface area contributed by atoms with Crippen LogP contribution in [-0.2, 0) is 0 Å². The molecule has 0 bridgehead atoms. The number of anilines is 2. The molecule has 4 rings (SSSR count). The molecule has 0 saturated carbocycles. The third kappa shape index (κ3) is 4.65. The average molecular weight is 459 g/mol. The van der Waals surface area contributed by atoms with Crippen molar-refractivity contribution in [2.75, 3.05) is 23.3 Å². The lowest BCUT2D eigenvalue weighted by Gasteiger charge is -2.37. The van der Waals surface area contributed by atoms with Gasteiger partial charge in [-0.05, 0) is 61.9 Å². The Bertz CT molecular complexity index is 1350. The lowest BCUT2D eigenvalue weighted by Crippen LogP contribution is -2.37. The molecule has 3 aromatic rings. The number of carbonyl (C=O) groups is 1. The molecule has 34 heavy (non-hydrogen) atoms. The van der Waals surface area contributed by atoms with Gasteiger partial charge in [0.25, 0.3) is 0 Å². The second-order valence-corrected chi connectivity index (χ2v) is 9.91. The van der Waals surface area contributed by atoms with E-state index in [9.17, 15) is 14.7 Å². The summed E-state index contributed by atoms with van der Waals surface area (Å²) in [6.45, 7) is 10.0. The summed E-state index contributed by atoms with van der Waals surface area (Å²) in [5, 5.41) is 13.5. The van der Waals surface area contributed by atoms with E-state index in [4.69, 9.17) is 10.8 Å². The van der Waals surface area contributed by atoms with Crippen LogP contribution in [0.3, 0.4) is 0 Å². The number of carboxylic acids is 1. The van der Waals surface area contributed by atoms with Crippen LogP contribution in [0.1, 0.15) is 66.7 Å². The molecule has 1 aromatic heterocycles. The predicted octanol–water partition coefficient (Wildman–Crippen LogP) is 5.58. The van der Waals surface area contributed by atoms with Crippen LogP contribution in [0.5, 0.6) is 0 Å². The summed E-state index contributed by atoms with van der Waals surface area (Å²) in [5.41, 5.74) is 3.49. The average Bonchev–Trinajstić information content (AvgIpc) is 2.79. The molecule has 1 aliphatic rings. The molecule has 0 unspecified atom stereocenters. The first-order chi connectivity index (χ1) is 16.1. The third-order valence-corrected chi connectivity index (χ3v) is 6.67. The third-order valence-electron chi connectivity index (χ3n) is 6.67. The molecule has 1 saturated heterocycles. The topological polar surface area (TPSA) is 82.8 Å². The van der Waals surface area contributed by atoms with Crippen molar-refractivity contribution in [3.8, 4) is 12.3 Å². The quantitative estimate of drug-likeness (QED) is 0.486. The maximum atomic E-state index is 13.1. The molecule has 2 heterocycles. The van der Waals surface area contributed by atoms with Crippen molar-refractivity contribution >= 4 is 28.5 Å². The van der Waals surface area contributed by atoms with E-state index in [2.05, 4.69) is 30.0 Å². The van der Waals surface area contributed by atoms with Crippen LogP contribution in [0.15, 0.2) is 45.6 Å². The van der Waals surface area contributed by atoms with Gasteiger partial charge in [0.15, 0.2) is 11.3 Å². The first kappa shape index (κ1) is 23.4. The van der Waals surface area contributed by atoms with Gasteiger partial charge in [0.05, 0.1) is 17.0 Å². The highest BCUT2D eigenvalue weighted by Crippen LogP contribution is 2.34. The SMILES string of the molecule is C#Cc1ccc(N[C@H](C)c2cc(C)cc3c(=O)cc(N4CCC(C)(C)CC4)oc23)c(C(=O)O)c1. The van der Waals surface area contributed by atoms with Crippen molar-refractivity contribution in [2.24, 2.45) is 5.41 Å². The van der Waals surface area contributed by atoms with E-state index < -0.39 is 5.97 Å². The van der Waals surface area contributed by atoms with Gasteiger partial charge < -0.3 is 19.7 Å². The summed E-state index contributed by atoms with van der Waals surface area (Å²) >= 11 is 0. The fourth-order valence-electron chi connectivity index (χ4n) is 4.48. The van der Waals surface area contributed by atoms with Crippen molar-refractivity contribution in [2.45, 2.75) is 46.6 Å². The number of hydrogen-bond acceptors (Lipinski definition) is 5. The van der Waals surface area contributed by atoms with Gasteiger partial charge in [-0.2, -0.15) is 0 Å². The van der Waals surface area contributed by atoms with Crippen molar-refractivity contribution in [1.29, 1.82) is 0 Å². The highest BCUT2D eigenvalue weighted by atomic mass is 16.4. The van der Waals surface area contributed by atoms with Crippen molar-refractivity contribution in [1.82, 2.24) is 0 Å². The predicted molar refractivity (Wildman–Crippen MR) is 136 cm³/mol. The molecule has 2 N–H and O–H groups in total. The Kier molecular flexibility index (Phi) is 6.14. The molecular formula is C28H30N2O4. The van der Waals surface area contributed by atoms with Gasteiger partial charge in [-0.25, -0.2) is 4.79 Å². The molecule has 1 aliphatic heterocycles. The van der Waals surface area contributed by atoms with E-state index in [1.165, 1.54) is 6.07 Å². The summed E-state index contributed by atoms with van der Waals surface area (Å²) in [4.78, 5) is 27.0. The summed E-state index contributed by atoms with van der Waals surface area (Å²) < 4.78 is 6.35. The lowest BCUT2D eigenvalue weighted by atomic mass is 9.83. The summed E-state index contributed by atoms with van der Waals surface area (Å²) in [7, 11) is 0. The van der Waals surface area contributed by atoms with Crippen LogP contribution in [-0.4, -0.2) is 24.2 Å².